The highest BCUT2D eigenvalue weighted by Gasteiger charge is 2.37. The van der Waals surface area contributed by atoms with Gasteiger partial charge in [0.15, 0.2) is 17.6 Å². The van der Waals surface area contributed by atoms with Crippen molar-refractivity contribution in [2.24, 2.45) is 5.92 Å². The van der Waals surface area contributed by atoms with Gasteiger partial charge in [0.05, 0.1) is 26.0 Å². The summed E-state index contributed by atoms with van der Waals surface area (Å²) in [5.74, 6) is 0.747. The minimum absolute atomic E-state index is 0.00549. The van der Waals surface area contributed by atoms with Crippen molar-refractivity contribution >= 4 is 11.6 Å². The number of hydrogen-bond donors (Lipinski definition) is 2. The molecule has 0 radical (unpaired) electrons. The van der Waals surface area contributed by atoms with Crippen molar-refractivity contribution in [3.8, 4) is 11.5 Å². The number of carbonyl (C=O) groups is 1. The van der Waals surface area contributed by atoms with Crippen LogP contribution < -0.4 is 14.4 Å². The van der Waals surface area contributed by atoms with Gasteiger partial charge >= 0.3 is 0 Å². The van der Waals surface area contributed by atoms with E-state index in [0.29, 0.717) is 22.7 Å². The van der Waals surface area contributed by atoms with Gasteiger partial charge in [-0.15, -0.1) is 0 Å². The lowest BCUT2D eigenvalue weighted by atomic mass is 10.0. The summed E-state index contributed by atoms with van der Waals surface area (Å²) in [5.41, 5.74) is 1.14. The number of β-amino-alcohol motifs (C(OH)–C–C–N with tert-alkyl or cyclic N) is 1. The second-order valence-electron chi connectivity index (χ2n) is 5.30. The Morgan fingerprint density at radius 3 is 2.62 bits per heavy atom. The lowest BCUT2D eigenvalue weighted by molar-refractivity contribution is -0.128. The first-order chi connectivity index (χ1) is 10.0. The number of benzene rings is 1. The monoisotopic (exact) mass is 295 g/mol. The van der Waals surface area contributed by atoms with Crippen molar-refractivity contribution < 1.29 is 24.5 Å². The van der Waals surface area contributed by atoms with Crippen molar-refractivity contribution in [1.82, 2.24) is 0 Å². The highest BCUT2D eigenvalue weighted by atomic mass is 16.5. The van der Waals surface area contributed by atoms with E-state index in [4.69, 9.17) is 9.47 Å². The van der Waals surface area contributed by atoms with Gasteiger partial charge in [0.2, 0.25) is 0 Å². The molecular formula is C15H21NO5. The minimum atomic E-state index is -0.613. The second kappa shape index (κ2) is 6.32. The predicted molar refractivity (Wildman–Crippen MR) is 77.6 cm³/mol. The van der Waals surface area contributed by atoms with Crippen molar-refractivity contribution in [3.63, 3.8) is 0 Å². The average Bonchev–Trinajstić information content (AvgIpc) is 2.48. The van der Waals surface area contributed by atoms with Crippen molar-refractivity contribution in [2.45, 2.75) is 26.6 Å². The summed E-state index contributed by atoms with van der Waals surface area (Å²) in [4.78, 5) is 14.0. The number of hydrogen-bond acceptors (Lipinski definition) is 5. The molecule has 0 aromatic heterocycles. The summed E-state index contributed by atoms with van der Waals surface area (Å²) in [6.07, 6.45) is -0.613. The van der Waals surface area contributed by atoms with Crippen LogP contribution in [-0.4, -0.2) is 42.5 Å². The zero-order valence-corrected chi connectivity index (χ0v) is 12.5. The molecule has 116 valence electrons. The van der Waals surface area contributed by atoms with Crippen LogP contribution in [0.2, 0.25) is 0 Å². The molecule has 0 saturated carbocycles. The molecular weight excluding hydrogens is 274 g/mol. The maximum atomic E-state index is 12.5. The Kier molecular flexibility index (Phi) is 4.69. The number of aliphatic hydroxyl groups is 2. The first-order valence-corrected chi connectivity index (χ1v) is 6.94. The molecule has 0 bridgehead atoms. The molecule has 2 rings (SSSR count). The van der Waals surface area contributed by atoms with E-state index >= 15 is 0 Å². The van der Waals surface area contributed by atoms with Gasteiger partial charge in [-0.2, -0.15) is 0 Å². The van der Waals surface area contributed by atoms with E-state index in [0.717, 1.165) is 0 Å². The quantitative estimate of drug-likeness (QED) is 0.845. The lowest BCUT2D eigenvalue weighted by Crippen LogP contribution is -2.49. The number of carbonyl (C=O) groups excluding carboxylic acids is 1. The fourth-order valence-corrected chi connectivity index (χ4v) is 2.41. The number of anilines is 1. The van der Waals surface area contributed by atoms with Gasteiger partial charge in [0.25, 0.3) is 5.91 Å². The van der Waals surface area contributed by atoms with Crippen LogP contribution >= 0.6 is 0 Å². The van der Waals surface area contributed by atoms with Crippen LogP contribution in [0.15, 0.2) is 12.1 Å². The van der Waals surface area contributed by atoms with Crippen molar-refractivity contribution in [2.75, 3.05) is 25.2 Å². The molecule has 0 fully saturated rings. The third-order valence-electron chi connectivity index (χ3n) is 3.47. The molecule has 1 aliphatic heterocycles. The Morgan fingerprint density at radius 2 is 2.10 bits per heavy atom. The molecule has 1 aromatic carbocycles. The molecule has 1 atom stereocenters. The molecule has 0 spiro atoms. The number of nitrogens with zero attached hydrogens (tertiary/aromatic N) is 1. The zero-order valence-electron chi connectivity index (χ0n) is 12.5. The Morgan fingerprint density at radius 1 is 1.38 bits per heavy atom. The summed E-state index contributed by atoms with van der Waals surface area (Å²) in [7, 11) is 1.51. The largest absolute Gasteiger partial charge is 0.493 e. The van der Waals surface area contributed by atoms with Gasteiger partial charge in [-0.1, -0.05) is 13.8 Å². The van der Waals surface area contributed by atoms with E-state index in [1.54, 1.807) is 12.1 Å². The summed E-state index contributed by atoms with van der Waals surface area (Å²) in [6, 6.07) is 3.37. The normalized spacial score (nSPS) is 17.7. The van der Waals surface area contributed by atoms with Crippen LogP contribution in [0, 0.1) is 5.92 Å². The van der Waals surface area contributed by atoms with Crippen LogP contribution in [-0.2, 0) is 11.4 Å². The number of fused-ring (bicyclic) bond motifs is 1. The van der Waals surface area contributed by atoms with Crippen LogP contribution in [0.3, 0.4) is 0 Å². The summed E-state index contributed by atoms with van der Waals surface area (Å²) in [5, 5.41) is 18.6. The summed E-state index contributed by atoms with van der Waals surface area (Å²) < 4.78 is 11.1. The molecule has 2 N–H and O–H groups in total. The molecule has 0 saturated heterocycles. The smallest absolute Gasteiger partial charge is 0.268 e. The fraction of sp³-hybridized carbons (Fsp3) is 0.533. The molecule has 1 aromatic rings. The van der Waals surface area contributed by atoms with Crippen LogP contribution in [0.1, 0.15) is 19.4 Å². The van der Waals surface area contributed by atoms with Gasteiger partial charge in [0.1, 0.15) is 0 Å². The zero-order chi connectivity index (χ0) is 15.6. The maximum Gasteiger partial charge on any atom is 0.268 e. The van der Waals surface area contributed by atoms with E-state index in [9.17, 15) is 15.0 Å². The topological polar surface area (TPSA) is 79.2 Å². The average molecular weight is 295 g/mol. The van der Waals surface area contributed by atoms with Crippen LogP contribution in [0.4, 0.5) is 5.69 Å². The second-order valence-corrected chi connectivity index (χ2v) is 5.30. The molecule has 6 heteroatoms. The standard InChI is InChI=1S/C15H21NO5/c1-9(2)13-15(19)16(4-5-17)11-6-10(8-18)7-12(20-3)14(11)21-13/h6-7,9,13,17-18H,4-5,8H2,1-3H3. The minimum Gasteiger partial charge on any atom is -0.493 e. The fourth-order valence-electron chi connectivity index (χ4n) is 2.41. The first-order valence-electron chi connectivity index (χ1n) is 6.94. The number of ether oxygens (including phenoxy) is 2. The third-order valence-corrected chi connectivity index (χ3v) is 3.47. The Labute approximate surface area is 123 Å². The summed E-state index contributed by atoms with van der Waals surface area (Å²) >= 11 is 0. The lowest BCUT2D eigenvalue weighted by Gasteiger charge is -2.36. The number of methoxy groups -OCH3 is 1. The highest BCUT2D eigenvalue weighted by molar-refractivity contribution is 6.01. The van der Waals surface area contributed by atoms with E-state index in [2.05, 4.69) is 0 Å². The SMILES string of the molecule is COc1cc(CO)cc2c1OC(C(C)C)C(=O)N2CCO. The van der Waals surface area contributed by atoms with Crippen LogP contribution in [0.25, 0.3) is 0 Å². The number of amides is 1. The van der Waals surface area contributed by atoms with E-state index in [1.807, 2.05) is 13.8 Å². The number of rotatable bonds is 5. The van der Waals surface area contributed by atoms with E-state index in [-0.39, 0.29) is 31.6 Å². The summed E-state index contributed by atoms with van der Waals surface area (Å²) in [6.45, 7) is 3.66. The third kappa shape index (κ3) is 2.82. The number of aliphatic hydroxyl groups excluding tert-OH is 2. The molecule has 0 aliphatic carbocycles. The Hall–Kier alpha value is -1.79. The Balaban J connectivity index is 2.57. The molecule has 1 unspecified atom stereocenters. The van der Waals surface area contributed by atoms with Crippen molar-refractivity contribution in [1.29, 1.82) is 0 Å². The molecule has 6 nitrogen and oxygen atoms in total. The van der Waals surface area contributed by atoms with E-state index < -0.39 is 6.10 Å². The highest BCUT2D eigenvalue weighted by Crippen LogP contribution is 2.43. The molecule has 1 heterocycles. The van der Waals surface area contributed by atoms with Gasteiger partial charge in [-0.25, -0.2) is 0 Å². The predicted octanol–water partition coefficient (Wildman–Crippen LogP) is 0.930. The van der Waals surface area contributed by atoms with Gasteiger partial charge in [-0.3, -0.25) is 4.79 Å². The van der Waals surface area contributed by atoms with E-state index in [1.165, 1.54) is 12.0 Å². The Bertz CT molecular complexity index is 529. The van der Waals surface area contributed by atoms with Gasteiger partial charge in [0, 0.05) is 6.54 Å². The first kappa shape index (κ1) is 15.6. The molecule has 1 aliphatic rings. The van der Waals surface area contributed by atoms with Gasteiger partial charge in [-0.05, 0) is 23.6 Å². The molecule has 1 amide bonds. The molecule has 21 heavy (non-hydrogen) atoms. The maximum absolute atomic E-state index is 12.5. The van der Waals surface area contributed by atoms with Crippen LogP contribution in [0.5, 0.6) is 11.5 Å². The van der Waals surface area contributed by atoms with Gasteiger partial charge < -0.3 is 24.6 Å². The van der Waals surface area contributed by atoms with Crippen molar-refractivity contribution in [3.05, 3.63) is 17.7 Å².